The third-order valence-corrected chi connectivity index (χ3v) is 10.4. The van der Waals surface area contributed by atoms with Crippen molar-refractivity contribution >= 4 is 44.0 Å². The summed E-state index contributed by atoms with van der Waals surface area (Å²) in [6, 6.07) is 58.5. The summed E-state index contributed by atoms with van der Waals surface area (Å²) in [6.07, 6.45) is 3.56. The molecule has 0 radical (unpaired) electrons. The van der Waals surface area contributed by atoms with Gasteiger partial charge < -0.3 is 8.98 Å². The van der Waals surface area contributed by atoms with Gasteiger partial charge in [0.15, 0.2) is 17.2 Å². The van der Waals surface area contributed by atoms with Gasteiger partial charge in [-0.05, 0) is 42.0 Å². The van der Waals surface area contributed by atoms with Crippen LogP contribution in [0.4, 0.5) is 0 Å². The summed E-state index contributed by atoms with van der Waals surface area (Å²) in [5, 5.41) is 3.30. The van der Waals surface area contributed by atoms with Crippen LogP contribution in [0.2, 0.25) is 0 Å². The molecule has 0 aliphatic rings. The lowest BCUT2D eigenvalue weighted by molar-refractivity contribution is 0.651. The summed E-state index contributed by atoms with van der Waals surface area (Å²) in [4.78, 5) is 24.3. The van der Waals surface area contributed by atoms with E-state index in [4.69, 9.17) is 19.4 Å². The lowest BCUT2D eigenvalue weighted by Gasteiger charge is -2.12. The van der Waals surface area contributed by atoms with E-state index in [1.807, 2.05) is 54.7 Å². The van der Waals surface area contributed by atoms with Gasteiger partial charge in [-0.15, -0.1) is 0 Å². The van der Waals surface area contributed by atoms with E-state index >= 15 is 0 Å². The average Bonchev–Trinajstić information content (AvgIpc) is 3.82. The highest BCUT2D eigenvalue weighted by molar-refractivity contribution is 6.09. The Bertz CT molecular complexity index is 3190. The van der Waals surface area contributed by atoms with E-state index in [0.29, 0.717) is 22.9 Å². The molecule has 5 aromatic heterocycles. The normalized spacial score (nSPS) is 11.6. The molecule has 0 fully saturated rings. The zero-order valence-electron chi connectivity index (χ0n) is 29.9. The lowest BCUT2D eigenvalue weighted by Crippen LogP contribution is -1.97. The number of aromatic nitrogens is 6. The topological polar surface area (TPSA) is 82.5 Å². The molecule has 0 atom stereocenters. The number of benzene rings is 6. The fourth-order valence-corrected chi connectivity index (χ4v) is 7.63. The summed E-state index contributed by atoms with van der Waals surface area (Å²) in [6.45, 7) is 0. The standard InChI is InChI=1S/C49H30N6O/c1-3-12-33(13-4-1)47-50-30-45-46(54-47)40-27-36(29-51-49(40)56-45)31-22-24-32(25-23-31)41-28-42(53-48(52-41)34-14-5-2-6-15-34)35-16-11-17-37(26-35)55-43-20-9-7-18-38(43)39-19-8-10-21-44(39)55/h1-30H. The van der Waals surface area contributed by atoms with E-state index < -0.39 is 0 Å². The number of fused-ring (bicyclic) bond motifs is 6. The van der Waals surface area contributed by atoms with E-state index in [0.717, 1.165) is 61.4 Å². The highest BCUT2D eigenvalue weighted by Gasteiger charge is 2.16. The number of furan rings is 1. The summed E-state index contributed by atoms with van der Waals surface area (Å²) in [5.74, 6) is 1.32. The van der Waals surface area contributed by atoms with Crippen molar-refractivity contribution in [3.63, 3.8) is 0 Å². The van der Waals surface area contributed by atoms with Crippen LogP contribution >= 0.6 is 0 Å². The second-order valence-corrected chi connectivity index (χ2v) is 13.8. The number of hydrogen-bond donors (Lipinski definition) is 0. The van der Waals surface area contributed by atoms with E-state index in [1.165, 1.54) is 21.8 Å². The van der Waals surface area contributed by atoms with Crippen molar-refractivity contribution in [3.8, 4) is 62.1 Å². The highest BCUT2D eigenvalue weighted by atomic mass is 16.3. The molecule has 0 amide bonds. The Labute approximate surface area is 321 Å². The molecule has 0 aliphatic heterocycles. The molecule has 262 valence electrons. The molecule has 0 saturated heterocycles. The molecule has 0 saturated carbocycles. The van der Waals surface area contributed by atoms with Crippen molar-refractivity contribution in [2.24, 2.45) is 0 Å². The first-order valence-electron chi connectivity index (χ1n) is 18.5. The van der Waals surface area contributed by atoms with Crippen LogP contribution in [0, 0.1) is 0 Å². The summed E-state index contributed by atoms with van der Waals surface area (Å²) in [5.41, 5.74) is 12.8. The predicted octanol–water partition coefficient (Wildman–Crippen LogP) is 12.0. The molecule has 0 N–H and O–H groups in total. The van der Waals surface area contributed by atoms with Crippen LogP contribution in [0.5, 0.6) is 0 Å². The molecule has 7 nitrogen and oxygen atoms in total. The third kappa shape index (κ3) is 5.41. The van der Waals surface area contributed by atoms with Gasteiger partial charge in [0.05, 0.1) is 34.0 Å². The Balaban J connectivity index is 0.988. The van der Waals surface area contributed by atoms with Gasteiger partial charge in [-0.2, -0.15) is 0 Å². The Morgan fingerprint density at radius 3 is 1.71 bits per heavy atom. The number of hydrogen-bond acceptors (Lipinski definition) is 6. The van der Waals surface area contributed by atoms with Crippen LogP contribution in [0.25, 0.3) is 106 Å². The zero-order valence-corrected chi connectivity index (χ0v) is 29.9. The average molecular weight is 719 g/mol. The van der Waals surface area contributed by atoms with Gasteiger partial charge in [0, 0.05) is 50.5 Å². The minimum Gasteiger partial charge on any atom is -0.434 e. The van der Waals surface area contributed by atoms with E-state index in [2.05, 4.69) is 136 Å². The van der Waals surface area contributed by atoms with Gasteiger partial charge in [0.25, 0.3) is 0 Å². The van der Waals surface area contributed by atoms with Crippen molar-refractivity contribution in [2.45, 2.75) is 0 Å². The fraction of sp³-hybridized carbons (Fsp3) is 0. The zero-order chi connectivity index (χ0) is 37.0. The minimum atomic E-state index is 0.532. The summed E-state index contributed by atoms with van der Waals surface area (Å²) in [7, 11) is 0. The van der Waals surface area contributed by atoms with Crippen molar-refractivity contribution in [1.29, 1.82) is 0 Å². The molecule has 0 unspecified atom stereocenters. The van der Waals surface area contributed by atoms with Gasteiger partial charge >= 0.3 is 0 Å². The monoisotopic (exact) mass is 718 g/mol. The number of pyridine rings is 1. The second-order valence-electron chi connectivity index (χ2n) is 13.8. The maximum Gasteiger partial charge on any atom is 0.229 e. The second kappa shape index (κ2) is 13.0. The molecular weight excluding hydrogens is 689 g/mol. The van der Waals surface area contributed by atoms with Crippen molar-refractivity contribution < 1.29 is 4.42 Å². The first-order chi connectivity index (χ1) is 27.7. The summed E-state index contributed by atoms with van der Waals surface area (Å²) < 4.78 is 8.35. The lowest BCUT2D eigenvalue weighted by atomic mass is 10.0. The number of rotatable bonds is 6. The molecule has 11 aromatic rings. The molecule has 7 heteroatoms. The molecule has 5 heterocycles. The Morgan fingerprint density at radius 1 is 0.393 bits per heavy atom. The van der Waals surface area contributed by atoms with Crippen LogP contribution in [-0.4, -0.2) is 29.5 Å². The smallest absolute Gasteiger partial charge is 0.229 e. The van der Waals surface area contributed by atoms with Gasteiger partial charge in [-0.25, -0.2) is 24.9 Å². The maximum atomic E-state index is 6.02. The van der Waals surface area contributed by atoms with Crippen LogP contribution in [0.3, 0.4) is 0 Å². The fourth-order valence-electron chi connectivity index (χ4n) is 7.63. The first-order valence-corrected chi connectivity index (χ1v) is 18.5. The highest BCUT2D eigenvalue weighted by Crippen LogP contribution is 2.35. The van der Waals surface area contributed by atoms with Crippen molar-refractivity contribution in [2.75, 3.05) is 0 Å². The largest absolute Gasteiger partial charge is 0.434 e. The Kier molecular flexibility index (Phi) is 7.35. The maximum absolute atomic E-state index is 6.02. The van der Waals surface area contributed by atoms with E-state index in [9.17, 15) is 0 Å². The van der Waals surface area contributed by atoms with E-state index in [-0.39, 0.29) is 0 Å². The number of nitrogens with zero attached hydrogens (tertiary/aromatic N) is 6. The van der Waals surface area contributed by atoms with Gasteiger partial charge in [0.1, 0.15) is 5.52 Å². The van der Waals surface area contributed by atoms with Crippen molar-refractivity contribution in [1.82, 2.24) is 29.5 Å². The Hall–Kier alpha value is -7.77. The third-order valence-electron chi connectivity index (χ3n) is 10.4. The van der Waals surface area contributed by atoms with Crippen LogP contribution < -0.4 is 0 Å². The minimum absolute atomic E-state index is 0.532. The molecular formula is C49H30N6O. The van der Waals surface area contributed by atoms with Crippen LogP contribution in [0.15, 0.2) is 187 Å². The van der Waals surface area contributed by atoms with Gasteiger partial charge in [-0.1, -0.05) is 133 Å². The first kappa shape index (κ1) is 31.7. The quantitative estimate of drug-likeness (QED) is 0.170. The Morgan fingerprint density at radius 2 is 1.00 bits per heavy atom. The molecule has 0 aliphatic carbocycles. The van der Waals surface area contributed by atoms with Gasteiger partial charge in [-0.3, -0.25) is 0 Å². The molecule has 0 spiro atoms. The molecule has 0 bridgehead atoms. The number of para-hydroxylation sites is 2. The molecule has 11 rings (SSSR count). The van der Waals surface area contributed by atoms with Crippen LogP contribution in [-0.2, 0) is 0 Å². The molecule has 6 aromatic carbocycles. The summed E-state index contributed by atoms with van der Waals surface area (Å²) >= 11 is 0. The predicted molar refractivity (Wildman–Crippen MR) is 224 cm³/mol. The van der Waals surface area contributed by atoms with Crippen LogP contribution in [0.1, 0.15) is 0 Å². The van der Waals surface area contributed by atoms with Crippen molar-refractivity contribution in [3.05, 3.63) is 182 Å². The molecule has 56 heavy (non-hydrogen) atoms. The van der Waals surface area contributed by atoms with Gasteiger partial charge in [0.2, 0.25) is 5.71 Å². The SMILES string of the molecule is c1ccc(-c2nc(-c3ccc(-c4cnc5oc6cnc(-c7ccccc7)nc6c5c4)cc3)cc(-c3cccc(-n4c5ccccc5c5ccccc54)c3)n2)cc1. The van der Waals surface area contributed by atoms with E-state index in [1.54, 1.807) is 6.20 Å².